The molecule has 2 rings (SSSR count). The van der Waals surface area contributed by atoms with Gasteiger partial charge in [0.2, 0.25) is 0 Å². The van der Waals surface area contributed by atoms with Crippen molar-refractivity contribution in [2.75, 3.05) is 6.61 Å². The fourth-order valence-electron chi connectivity index (χ4n) is 1.55. The second kappa shape index (κ2) is 6.94. The smallest absolute Gasteiger partial charge is 0.307 e. The highest BCUT2D eigenvalue weighted by molar-refractivity contribution is 9.10. The van der Waals surface area contributed by atoms with Crippen LogP contribution in [-0.4, -0.2) is 23.8 Å². The Morgan fingerprint density at radius 1 is 1.48 bits per heavy atom. The Labute approximate surface area is 129 Å². The lowest BCUT2D eigenvalue weighted by Crippen LogP contribution is -2.16. The number of hydrogen-bond acceptors (Lipinski definition) is 5. The van der Waals surface area contributed by atoms with Crippen LogP contribution in [0.2, 0.25) is 0 Å². The Balaban J connectivity index is 1.98. The molecule has 0 fully saturated rings. The van der Waals surface area contributed by atoms with Gasteiger partial charge in [-0.05, 0) is 58.7 Å². The average Bonchev–Trinajstić information content (AvgIpc) is 2.88. The van der Waals surface area contributed by atoms with E-state index in [4.69, 9.17) is 9.15 Å². The van der Waals surface area contributed by atoms with Crippen LogP contribution >= 0.6 is 15.9 Å². The number of nitrogens with one attached hydrogen (secondary N) is 1. The van der Waals surface area contributed by atoms with Gasteiger partial charge in [-0.2, -0.15) is 5.10 Å². The van der Waals surface area contributed by atoms with Crippen LogP contribution in [0.4, 0.5) is 0 Å². The first kappa shape index (κ1) is 15.1. The maximum Gasteiger partial charge on any atom is 0.307 e. The number of ether oxygens (including phenoxy) is 1. The minimum absolute atomic E-state index is 0.0158. The Bertz CT molecular complexity index is 667. The minimum atomic E-state index is -0.466. The number of phenolic OH excluding ortho intramolecular Hbond substituents is 1. The molecule has 0 saturated carbocycles. The number of carbonyl (C=O) groups is 1. The van der Waals surface area contributed by atoms with Gasteiger partial charge >= 0.3 is 5.91 Å². The third-order valence-electron chi connectivity index (χ3n) is 2.46. The molecular weight excluding hydrogens is 340 g/mol. The van der Waals surface area contributed by atoms with Gasteiger partial charge in [0.1, 0.15) is 0 Å². The van der Waals surface area contributed by atoms with Crippen molar-refractivity contribution in [3.05, 3.63) is 46.3 Å². The lowest BCUT2D eigenvalue weighted by Gasteiger charge is -2.05. The highest BCUT2D eigenvalue weighted by Crippen LogP contribution is 2.26. The zero-order valence-electron chi connectivity index (χ0n) is 11.2. The van der Waals surface area contributed by atoms with Gasteiger partial charge < -0.3 is 14.3 Å². The number of carbonyl (C=O) groups excluding carboxylic acids is 1. The molecule has 0 saturated heterocycles. The molecule has 2 aromatic rings. The molecule has 2 N–H and O–H groups in total. The van der Waals surface area contributed by atoms with Crippen molar-refractivity contribution in [1.82, 2.24) is 5.43 Å². The largest absolute Gasteiger partial charge is 0.504 e. The molecule has 0 unspecified atom stereocenters. The fourth-order valence-corrected chi connectivity index (χ4v) is 1.86. The standard InChI is InChI=1S/C14H13BrN2O4/c1-2-20-11-4-3-9(7-10(11)18)8-16-17-14(19)12-5-6-13(15)21-12/h3-8,18H,2H2,1H3,(H,17,19). The molecule has 1 aromatic carbocycles. The van der Waals surface area contributed by atoms with E-state index < -0.39 is 5.91 Å². The minimum Gasteiger partial charge on any atom is -0.504 e. The summed E-state index contributed by atoms with van der Waals surface area (Å²) in [5.41, 5.74) is 2.95. The molecule has 110 valence electrons. The van der Waals surface area contributed by atoms with E-state index in [1.165, 1.54) is 18.3 Å². The molecule has 6 nitrogen and oxygen atoms in total. The molecule has 0 atom stereocenters. The number of furan rings is 1. The molecule has 1 heterocycles. The average molecular weight is 353 g/mol. The lowest BCUT2D eigenvalue weighted by atomic mass is 10.2. The van der Waals surface area contributed by atoms with Crippen molar-refractivity contribution in [2.24, 2.45) is 5.10 Å². The number of hydrogen-bond donors (Lipinski definition) is 2. The van der Waals surface area contributed by atoms with E-state index in [-0.39, 0.29) is 11.5 Å². The summed E-state index contributed by atoms with van der Waals surface area (Å²) in [7, 11) is 0. The van der Waals surface area contributed by atoms with E-state index in [2.05, 4.69) is 26.5 Å². The third kappa shape index (κ3) is 4.09. The van der Waals surface area contributed by atoms with E-state index in [9.17, 15) is 9.90 Å². The fraction of sp³-hybridized carbons (Fsp3) is 0.143. The quantitative estimate of drug-likeness (QED) is 0.640. The van der Waals surface area contributed by atoms with Gasteiger partial charge in [0.25, 0.3) is 0 Å². The number of benzene rings is 1. The van der Waals surface area contributed by atoms with Crippen LogP contribution < -0.4 is 10.2 Å². The Morgan fingerprint density at radius 3 is 2.90 bits per heavy atom. The third-order valence-corrected chi connectivity index (χ3v) is 2.89. The lowest BCUT2D eigenvalue weighted by molar-refractivity contribution is 0.0926. The van der Waals surface area contributed by atoms with E-state index in [1.54, 1.807) is 18.2 Å². The highest BCUT2D eigenvalue weighted by atomic mass is 79.9. The Kier molecular flexibility index (Phi) is 4.99. The van der Waals surface area contributed by atoms with Gasteiger partial charge in [-0.3, -0.25) is 4.79 Å². The summed E-state index contributed by atoms with van der Waals surface area (Å²) < 4.78 is 10.8. The van der Waals surface area contributed by atoms with Crippen LogP contribution in [0.1, 0.15) is 23.0 Å². The number of nitrogens with zero attached hydrogens (tertiary/aromatic N) is 1. The molecule has 1 aromatic heterocycles. The Morgan fingerprint density at radius 2 is 2.29 bits per heavy atom. The first-order chi connectivity index (χ1) is 10.1. The van der Waals surface area contributed by atoms with Crippen molar-refractivity contribution < 1.29 is 19.1 Å². The van der Waals surface area contributed by atoms with Crippen molar-refractivity contribution in [2.45, 2.75) is 6.92 Å². The highest BCUT2D eigenvalue weighted by Gasteiger charge is 2.08. The monoisotopic (exact) mass is 352 g/mol. The second-order valence-corrected chi connectivity index (χ2v) is 4.74. The molecule has 0 radical (unpaired) electrons. The van der Waals surface area contributed by atoms with E-state index in [1.807, 2.05) is 6.92 Å². The molecule has 1 amide bonds. The van der Waals surface area contributed by atoms with Crippen molar-refractivity contribution in [3.8, 4) is 11.5 Å². The maximum absolute atomic E-state index is 11.6. The second-order valence-electron chi connectivity index (χ2n) is 3.96. The SMILES string of the molecule is CCOc1ccc(C=NNC(=O)c2ccc(Br)o2)cc1O. The first-order valence-corrected chi connectivity index (χ1v) is 6.94. The van der Waals surface area contributed by atoms with Crippen molar-refractivity contribution in [1.29, 1.82) is 0 Å². The number of hydrazone groups is 1. The van der Waals surface area contributed by atoms with Gasteiger partial charge in [-0.1, -0.05) is 0 Å². The summed E-state index contributed by atoms with van der Waals surface area (Å²) in [5.74, 6) is 0.0990. The van der Waals surface area contributed by atoms with Crippen LogP contribution in [0, 0.1) is 0 Å². The molecule has 0 spiro atoms. The van der Waals surface area contributed by atoms with Gasteiger partial charge in [-0.25, -0.2) is 5.43 Å². The first-order valence-electron chi connectivity index (χ1n) is 6.14. The molecule has 0 aliphatic carbocycles. The zero-order valence-corrected chi connectivity index (χ0v) is 12.8. The van der Waals surface area contributed by atoms with Crippen LogP contribution in [0.5, 0.6) is 11.5 Å². The molecule has 21 heavy (non-hydrogen) atoms. The summed E-state index contributed by atoms with van der Waals surface area (Å²) in [6.45, 7) is 2.30. The van der Waals surface area contributed by atoms with Crippen molar-refractivity contribution in [3.63, 3.8) is 0 Å². The van der Waals surface area contributed by atoms with Gasteiger partial charge in [0.15, 0.2) is 21.9 Å². The van der Waals surface area contributed by atoms with E-state index >= 15 is 0 Å². The number of rotatable bonds is 5. The molecular formula is C14H13BrN2O4. The molecule has 7 heteroatoms. The molecule has 0 aliphatic heterocycles. The van der Waals surface area contributed by atoms with E-state index in [0.29, 0.717) is 22.6 Å². The number of amides is 1. The number of aromatic hydroxyl groups is 1. The summed E-state index contributed by atoms with van der Waals surface area (Å²) in [5, 5.41) is 13.5. The number of halogens is 1. The van der Waals surface area contributed by atoms with E-state index in [0.717, 1.165) is 0 Å². The predicted octanol–water partition coefficient (Wildman–Crippen LogP) is 2.91. The van der Waals surface area contributed by atoms with Crippen LogP contribution in [-0.2, 0) is 0 Å². The van der Waals surface area contributed by atoms with Crippen molar-refractivity contribution >= 4 is 28.1 Å². The summed E-state index contributed by atoms with van der Waals surface area (Å²) in [4.78, 5) is 11.6. The summed E-state index contributed by atoms with van der Waals surface area (Å²) in [6, 6.07) is 7.97. The zero-order chi connectivity index (χ0) is 15.2. The summed E-state index contributed by atoms with van der Waals surface area (Å²) >= 11 is 3.11. The van der Waals surface area contributed by atoms with Gasteiger partial charge in [0.05, 0.1) is 12.8 Å². The van der Waals surface area contributed by atoms with Gasteiger partial charge in [0, 0.05) is 0 Å². The Hall–Kier alpha value is -2.28. The van der Waals surface area contributed by atoms with Crippen LogP contribution in [0.15, 0.2) is 44.5 Å². The molecule has 0 aliphatic rings. The summed E-state index contributed by atoms with van der Waals surface area (Å²) in [6.07, 6.45) is 1.41. The molecule has 0 bridgehead atoms. The van der Waals surface area contributed by atoms with Gasteiger partial charge in [-0.15, -0.1) is 0 Å². The van der Waals surface area contributed by atoms with Crippen LogP contribution in [0.25, 0.3) is 0 Å². The normalized spacial score (nSPS) is 10.8. The predicted molar refractivity (Wildman–Crippen MR) is 80.7 cm³/mol. The maximum atomic E-state index is 11.6. The number of phenols is 1. The van der Waals surface area contributed by atoms with Crippen LogP contribution in [0.3, 0.4) is 0 Å². The topological polar surface area (TPSA) is 84.1 Å².